The largest absolute Gasteiger partial charge is 0.355 e. The molecule has 114 valence electrons. The first kappa shape index (κ1) is 14.1. The maximum absolute atomic E-state index is 4.94. The Morgan fingerprint density at radius 1 is 1.00 bits per heavy atom. The Hall–Kier alpha value is -1.48. The predicted octanol–water partition coefficient (Wildman–Crippen LogP) is 5.35. The van der Waals surface area contributed by atoms with Crippen LogP contribution in [0.2, 0.25) is 0 Å². The standard InChI is InChI=1S/C19H22N2S/c1-2-7-14(8-3-1)20-18-13-19(22-15-9-4-5-10-15)21-17-12-6-11-16(17)18/h1-3,7-8,13,15H,4-6,9-12H2,(H,20,21). The number of fused-ring (bicyclic) bond motifs is 1. The van der Waals surface area contributed by atoms with Gasteiger partial charge in [-0.1, -0.05) is 31.0 Å². The highest BCUT2D eigenvalue weighted by Crippen LogP contribution is 2.38. The van der Waals surface area contributed by atoms with Crippen LogP contribution in [0.25, 0.3) is 0 Å². The quantitative estimate of drug-likeness (QED) is 0.824. The summed E-state index contributed by atoms with van der Waals surface area (Å²) < 4.78 is 0. The van der Waals surface area contributed by atoms with E-state index in [2.05, 4.69) is 41.7 Å². The molecule has 0 saturated heterocycles. The van der Waals surface area contributed by atoms with Gasteiger partial charge in [0.1, 0.15) is 0 Å². The number of hydrogen-bond acceptors (Lipinski definition) is 3. The Balaban J connectivity index is 1.62. The van der Waals surface area contributed by atoms with E-state index in [9.17, 15) is 0 Å². The Kier molecular flexibility index (Phi) is 4.07. The summed E-state index contributed by atoms with van der Waals surface area (Å²) in [4.78, 5) is 4.94. The second kappa shape index (κ2) is 6.33. The number of aryl methyl sites for hydroxylation is 1. The number of nitrogens with one attached hydrogen (secondary N) is 1. The molecule has 22 heavy (non-hydrogen) atoms. The third-order valence-corrected chi connectivity index (χ3v) is 5.92. The van der Waals surface area contributed by atoms with E-state index < -0.39 is 0 Å². The minimum Gasteiger partial charge on any atom is -0.355 e. The van der Waals surface area contributed by atoms with Gasteiger partial charge in [-0.3, -0.25) is 0 Å². The van der Waals surface area contributed by atoms with Gasteiger partial charge in [-0.05, 0) is 55.9 Å². The number of para-hydroxylation sites is 1. The highest BCUT2D eigenvalue weighted by atomic mass is 32.2. The van der Waals surface area contributed by atoms with Gasteiger partial charge in [0.2, 0.25) is 0 Å². The molecule has 0 unspecified atom stereocenters. The maximum atomic E-state index is 4.94. The molecule has 1 aromatic heterocycles. The minimum absolute atomic E-state index is 0.775. The molecule has 1 aromatic carbocycles. The van der Waals surface area contributed by atoms with Crippen molar-refractivity contribution in [2.24, 2.45) is 0 Å². The van der Waals surface area contributed by atoms with E-state index in [4.69, 9.17) is 4.98 Å². The molecule has 2 aliphatic carbocycles. The van der Waals surface area contributed by atoms with Crippen molar-refractivity contribution in [3.8, 4) is 0 Å². The normalized spacial score (nSPS) is 17.6. The van der Waals surface area contributed by atoms with E-state index in [0.29, 0.717) is 0 Å². The van der Waals surface area contributed by atoms with Crippen LogP contribution in [-0.4, -0.2) is 10.2 Å². The number of pyridine rings is 1. The zero-order valence-electron chi connectivity index (χ0n) is 12.8. The van der Waals surface area contributed by atoms with Crippen molar-refractivity contribution in [2.45, 2.75) is 55.2 Å². The molecule has 0 spiro atoms. The molecule has 2 nitrogen and oxygen atoms in total. The number of aromatic nitrogens is 1. The minimum atomic E-state index is 0.775. The van der Waals surface area contributed by atoms with E-state index in [-0.39, 0.29) is 0 Å². The fraction of sp³-hybridized carbons (Fsp3) is 0.421. The summed E-state index contributed by atoms with van der Waals surface area (Å²) >= 11 is 1.99. The third kappa shape index (κ3) is 3.00. The predicted molar refractivity (Wildman–Crippen MR) is 94.1 cm³/mol. The van der Waals surface area contributed by atoms with Crippen LogP contribution in [0.5, 0.6) is 0 Å². The van der Waals surface area contributed by atoms with Gasteiger partial charge in [-0.15, -0.1) is 11.8 Å². The topological polar surface area (TPSA) is 24.9 Å². The zero-order chi connectivity index (χ0) is 14.8. The van der Waals surface area contributed by atoms with Crippen LogP contribution in [0.3, 0.4) is 0 Å². The van der Waals surface area contributed by atoms with Crippen molar-refractivity contribution < 1.29 is 0 Å². The summed E-state index contributed by atoms with van der Waals surface area (Å²) in [5, 5.41) is 5.60. The van der Waals surface area contributed by atoms with E-state index in [1.165, 1.54) is 59.8 Å². The summed E-state index contributed by atoms with van der Waals surface area (Å²) in [5.74, 6) is 0. The van der Waals surface area contributed by atoms with E-state index in [1.54, 1.807) is 0 Å². The SMILES string of the molecule is c1ccc(Nc2cc(SC3CCCC3)nc3c2CCC3)cc1. The molecule has 0 atom stereocenters. The second-order valence-electron chi connectivity index (χ2n) is 6.30. The highest BCUT2D eigenvalue weighted by molar-refractivity contribution is 7.99. The molecule has 1 heterocycles. The lowest BCUT2D eigenvalue weighted by Crippen LogP contribution is -2.01. The number of rotatable bonds is 4. The molecule has 1 saturated carbocycles. The van der Waals surface area contributed by atoms with Gasteiger partial charge < -0.3 is 5.32 Å². The summed E-state index contributed by atoms with van der Waals surface area (Å²) in [5.41, 5.74) is 5.19. The lowest BCUT2D eigenvalue weighted by atomic mass is 10.1. The summed E-state index contributed by atoms with van der Waals surface area (Å²) in [6.07, 6.45) is 9.01. The lowest BCUT2D eigenvalue weighted by molar-refractivity contribution is 0.883. The molecule has 0 aliphatic heterocycles. The number of thioether (sulfide) groups is 1. The number of anilines is 2. The van der Waals surface area contributed by atoms with Gasteiger partial charge in [0, 0.05) is 22.3 Å². The van der Waals surface area contributed by atoms with Crippen molar-refractivity contribution in [3.05, 3.63) is 47.7 Å². The average molecular weight is 310 g/mol. The number of benzene rings is 1. The highest BCUT2D eigenvalue weighted by Gasteiger charge is 2.21. The average Bonchev–Trinajstić information content (AvgIpc) is 3.20. The van der Waals surface area contributed by atoms with Crippen molar-refractivity contribution in [1.82, 2.24) is 4.98 Å². The first-order valence-electron chi connectivity index (χ1n) is 8.40. The summed E-state index contributed by atoms with van der Waals surface area (Å²) in [6, 6.07) is 12.8. The van der Waals surface area contributed by atoms with E-state index in [1.807, 2.05) is 11.8 Å². The van der Waals surface area contributed by atoms with Gasteiger partial charge in [0.25, 0.3) is 0 Å². The Morgan fingerprint density at radius 2 is 1.82 bits per heavy atom. The van der Waals surface area contributed by atoms with Crippen LogP contribution in [0, 0.1) is 0 Å². The summed E-state index contributed by atoms with van der Waals surface area (Å²) in [7, 11) is 0. The summed E-state index contributed by atoms with van der Waals surface area (Å²) in [6.45, 7) is 0. The third-order valence-electron chi connectivity index (χ3n) is 4.67. The smallest absolute Gasteiger partial charge is 0.0986 e. The first-order chi connectivity index (χ1) is 10.9. The van der Waals surface area contributed by atoms with Crippen LogP contribution >= 0.6 is 11.8 Å². The molecule has 2 aromatic rings. The molecule has 1 fully saturated rings. The molecular formula is C19H22N2S. The van der Waals surface area contributed by atoms with Crippen molar-refractivity contribution >= 4 is 23.1 Å². The molecule has 2 aliphatic rings. The molecule has 3 heteroatoms. The number of hydrogen-bond donors (Lipinski definition) is 1. The molecule has 0 amide bonds. The van der Waals surface area contributed by atoms with Crippen LogP contribution in [0.15, 0.2) is 41.4 Å². The monoisotopic (exact) mass is 310 g/mol. The first-order valence-corrected chi connectivity index (χ1v) is 9.28. The Bertz CT molecular complexity index is 648. The Morgan fingerprint density at radius 3 is 2.64 bits per heavy atom. The van der Waals surface area contributed by atoms with Crippen LogP contribution in [-0.2, 0) is 12.8 Å². The van der Waals surface area contributed by atoms with Gasteiger partial charge >= 0.3 is 0 Å². The van der Waals surface area contributed by atoms with Crippen LogP contribution in [0.1, 0.15) is 43.4 Å². The fourth-order valence-electron chi connectivity index (χ4n) is 3.54. The number of nitrogens with zero attached hydrogens (tertiary/aromatic N) is 1. The molecular weight excluding hydrogens is 288 g/mol. The van der Waals surface area contributed by atoms with Crippen LogP contribution < -0.4 is 5.32 Å². The van der Waals surface area contributed by atoms with Crippen molar-refractivity contribution in [3.63, 3.8) is 0 Å². The van der Waals surface area contributed by atoms with Crippen molar-refractivity contribution in [2.75, 3.05) is 5.32 Å². The zero-order valence-corrected chi connectivity index (χ0v) is 13.7. The van der Waals surface area contributed by atoms with Crippen LogP contribution in [0.4, 0.5) is 11.4 Å². The van der Waals surface area contributed by atoms with Crippen molar-refractivity contribution in [1.29, 1.82) is 0 Å². The van der Waals surface area contributed by atoms with Gasteiger partial charge in [-0.2, -0.15) is 0 Å². The molecule has 0 radical (unpaired) electrons. The molecule has 1 N–H and O–H groups in total. The van der Waals surface area contributed by atoms with Gasteiger partial charge in [0.15, 0.2) is 0 Å². The second-order valence-corrected chi connectivity index (χ2v) is 7.62. The molecule has 0 bridgehead atoms. The van der Waals surface area contributed by atoms with E-state index >= 15 is 0 Å². The lowest BCUT2D eigenvalue weighted by Gasteiger charge is -2.15. The van der Waals surface area contributed by atoms with Gasteiger partial charge in [0.05, 0.1) is 5.03 Å². The fourth-order valence-corrected chi connectivity index (χ4v) is 4.80. The molecule has 4 rings (SSSR count). The van der Waals surface area contributed by atoms with Gasteiger partial charge in [-0.25, -0.2) is 4.98 Å². The maximum Gasteiger partial charge on any atom is 0.0986 e. The Labute approximate surface area is 136 Å². The van der Waals surface area contributed by atoms with E-state index in [0.717, 1.165) is 18.1 Å².